The molecule has 0 fully saturated rings. The van der Waals surface area contributed by atoms with E-state index in [1.165, 1.54) is 20.8 Å². The summed E-state index contributed by atoms with van der Waals surface area (Å²) in [6.45, 7) is 6.05. The van der Waals surface area contributed by atoms with Crippen molar-refractivity contribution in [2.45, 2.75) is 128 Å². The third kappa shape index (κ3) is 23.2. The molecule has 3 aromatic rings. The molecule has 0 radical (unpaired) electrons. The van der Waals surface area contributed by atoms with Gasteiger partial charge < -0.3 is 80.2 Å². The number of nitrogens with zero attached hydrogens (tertiary/aromatic N) is 1. The van der Waals surface area contributed by atoms with Crippen molar-refractivity contribution in [3.63, 3.8) is 0 Å². The van der Waals surface area contributed by atoms with Gasteiger partial charge in [-0.3, -0.25) is 62.5 Å². The molecular weight excluding hydrogens is 1040 g/mol. The Morgan fingerprint density at radius 2 is 1.10 bits per heavy atom. The van der Waals surface area contributed by atoms with E-state index in [0.29, 0.717) is 22.0 Å². The van der Waals surface area contributed by atoms with Crippen molar-refractivity contribution in [3.8, 4) is 0 Å². The maximum atomic E-state index is 14.5. The van der Waals surface area contributed by atoms with Crippen molar-refractivity contribution in [1.82, 2.24) is 52.8 Å². The predicted molar refractivity (Wildman–Crippen MR) is 290 cm³/mol. The molecule has 0 aliphatic carbocycles. The Morgan fingerprint density at radius 1 is 0.562 bits per heavy atom. The van der Waals surface area contributed by atoms with Gasteiger partial charge in [0, 0.05) is 48.8 Å². The highest BCUT2D eigenvalue weighted by molar-refractivity contribution is 5.98. The molecule has 1 heterocycles. The van der Waals surface area contributed by atoms with Crippen LogP contribution < -0.4 is 65.1 Å². The van der Waals surface area contributed by atoms with Gasteiger partial charge >= 0.3 is 11.9 Å². The first kappa shape index (κ1) is 65.2. The molecule has 3 rings (SSSR count). The standard InChI is InChI=1S/C52H74N14O14/c1-27(2)20-37(62-42(69)26-59-47(75)38(22-31-12-7-6-8-13-31)65-48(76)36(17-18-40(53)67)63-44(72)28(3)21-43(70)71)49(77)66-39(23-32-24-57-34-15-10-9-14-33(32)34)50(78)64-35(16-11-19-56-52(54)55)46(74)58-25-41(68)60-29(4)45(73)61-30(5)51(79)80/h6-10,12-15,24,27-30,35-39,57H,11,16-23,25-26H2,1-5H3,(H2,53,67)(H,58,74)(H,59,75)(H,60,68)(H,61,73)(H,62,69)(H,63,72)(H,64,78)(H,65,76)(H,66,77)(H,70,71)(H,79,80)(H4,54,55,56)/t28-,29-,30-,35-,36-,37-,38-,39-/m0/s1. The lowest BCUT2D eigenvalue weighted by Gasteiger charge is -2.26. The summed E-state index contributed by atoms with van der Waals surface area (Å²) >= 11 is 0. The molecule has 436 valence electrons. The van der Waals surface area contributed by atoms with E-state index in [9.17, 15) is 62.6 Å². The normalized spacial score (nSPS) is 13.9. The van der Waals surface area contributed by atoms with Crippen molar-refractivity contribution >= 4 is 87.9 Å². The molecular formula is C52H74N14O14. The largest absolute Gasteiger partial charge is 0.481 e. The Kier molecular flexibility index (Phi) is 26.5. The SMILES string of the molecule is CC(C)C[C@H](NC(=O)CNC(=O)[C@H](Cc1ccccc1)NC(=O)[C@H](CCC(N)=O)NC(=O)[C@@H](C)CC(=O)O)C(=O)N[C@@H](Cc1c[nH]c2ccccc12)C(=O)N[C@@H](CCCN=C(N)N)C(=O)NCC(=O)N[C@@H](C)C(=O)N[C@@H](C)C(=O)O. The number of H-pyrrole nitrogens is 1. The number of fused-ring (bicyclic) bond motifs is 1. The number of amides is 10. The fourth-order valence-electron chi connectivity index (χ4n) is 7.89. The second-order valence-corrected chi connectivity index (χ2v) is 19.5. The highest BCUT2D eigenvalue weighted by Gasteiger charge is 2.33. The number of benzene rings is 2. The first-order chi connectivity index (χ1) is 37.7. The minimum atomic E-state index is -1.43. The number of aromatic nitrogens is 1. The monoisotopic (exact) mass is 1120 g/mol. The topological polar surface area (TPSA) is 460 Å². The number of aromatic amines is 1. The number of hydrogen-bond acceptors (Lipinski definition) is 13. The van der Waals surface area contributed by atoms with E-state index in [1.54, 1.807) is 74.6 Å². The number of aliphatic carboxylic acids is 2. The summed E-state index contributed by atoms with van der Waals surface area (Å²) in [5.74, 6) is -12.5. The molecule has 28 nitrogen and oxygen atoms in total. The Hall–Kier alpha value is -9.11. The lowest BCUT2D eigenvalue weighted by Crippen LogP contribution is -2.58. The van der Waals surface area contributed by atoms with Crippen LogP contribution in [0.5, 0.6) is 0 Å². The zero-order valence-electron chi connectivity index (χ0n) is 45.2. The van der Waals surface area contributed by atoms with E-state index < -0.39 is 139 Å². The van der Waals surface area contributed by atoms with E-state index >= 15 is 0 Å². The first-order valence-corrected chi connectivity index (χ1v) is 25.8. The van der Waals surface area contributed by atoms with Gasteiger partial charge in [-0.25, -0.2) is 0 Å². The number of nitrogens with two attached hydrogens (primary N) is 3. The number of primary amides is 1. The highest BCUT2D eigenvalue weighted by atomic mass is 16.4. The van der Waals surface area contributed by atoms with Gasteiger partial charge in [0.05, 0.1) is 19.5 Å². The number of carbonyl (C=O) groups excluding carboxylic acids is 10. The summed E-state index contributed by atoms with van der Waals surface area (Å²) in [6, 6.07) is 6.24. The van der Waals surface area contributed by atoms with Gasteiger partial charge in [0.25, 0.3) is 0 Å². The molecule has 0 aliphatic rings. The van der Waals surface area contributed by atoms with Gasteiger partial charge in [-0.15, -0.1) is 0 Å². The molecule has 0 aliphatic heterocycles. The number of hydrogen-bond donors (Lipinski definition) is 15. The van der Waals surface area contributed by atoms with Crippen LogP contribution in [0.25, 0.3) is 10.9 Å². The van der Waals surface area contributed by atoms with Crippen molar-refractivity contribution < 1.29 is 67.7 Å². The predicted octanol–water partition coefficient (Wildman–Crippen LogP) is -2.82. The van der Waals surface area contributed by atoms with Crippen LogP contribution >= 0.6 is 0 Å². The summed E-state index contributed by atoms with van der Waals surface area (Å²) < 4.78 is 0. The fourth-order valence-corrected chi connectivity index (χ4v) is 7.89. The number of guanidine groups is 1. The van der Waals surface area contributed by atoms with Gasteiger partial charge in [-0.1, -0.05) is 69.3 Å². The maximum Gasteiger partial charge on any atom is 0.325 e. The highest BCUT2D eigenvalue weighted by Crippen LogP contribution is 2.20. The summed E-state index contributed by atoms with van der Waals surface area (Å²) in [5.41, 5.74) is 18.2. The van der Waals surface area contributed by atoms with E-state index in [-0.39, 0.29) is 63.4 Å². The molecule has 18 N–H and O–H groups in total. The number of carboxylic acids is 2. The van der Waals surface area contributed by atoms with Gasteiger partial charge in [-0.05, 0) is 62.6 Å². The van der Waals surface area contributed by atoms with E-state index in [0.717, 1.165) is 0 Å². The zero-order valence-corrected chi connectivity index (χ0v) is 45.2. The molecule has 0 bridgehead atoms. The average Bonchev–Trinajstić information content (AvgIpc) is 3.80. The quantitative estimate of drug-likeness (QED) is 0.0163. The van der Waals surface area contributed by atoms with Crippen LogP contribution in [0.4, 0.5) is 0 Å². The van der Waals surface area contributed by atoms with Crippen molar-refractivity contribution in [2.75, 3.05) is 19.6 Å². The van der Waals surface area contributed by atoms with E-state index in [2.05, 4.69) is 57.8 Å². The third-order valence-electron chi connectivity index (χ3n) is 12.2. The summed E-state index contributed by atoms with van der Waals surface area (Å²) in [5, 5.41) is 41.4. The number of carbonyl (C=O) groups is 12. The maximum absolute atomic E-state index is 14.5. The minimum absolute atomic E-state index is 0.0277. The lowest BCUT2D eigenvalue weighted by atomic mass is 10.00. The van der Waals surface area contributed by atoms with Crippen LogP contribution in [-0.4, -0.2) is 154 Å². The van der Waals surface area contributed by atoms with Gasteiger partial charge in [-0.2, -0.15) is 0 Å². The second kappa shape index (κ2) is 32.6. The molecule has 2 aromatic carbocycles. The Morgan fingerprint density at radius 3 is 1.70 bits per heavy atom. The average molecular weight is 1120 g/mol. The van der Waals surface area contributed by atoms with Crippen molar-refractivity contribution in [2.24, 2.45) is 34.0 Å². The molecule has 8 atom stereocenters. The van der Waals surface area contributed by atoms with Crippen LogP contribution in [0.3, 0.4) is 0 Å². The summed E-state index contributed by atoms with van der Waals surface area (Å²) in [6.07, 6.45) is 0.267. The molecule has 0 saturated carbocycles. The van der Waals surface area contributed by atoms with Crippen LogP contribution in [-0.2, 0) is 70.4 Å². The molecule has 80 heavy (non-hydrogen) atoms. The molecule has 0 saturated heterocycles. The van der Waals surface area contributed by atoms with Gasteiger partial charge in [0.15, 0.2) is 5.96 Å². The fraction of sp³-hybridized carbons (Fsp3) is 0.481. The summed E-state index contributed by atoms with van der Waals surface area (Å²) in [7, 11) is 0. The number of nitrogens with one attached hydrogen (secondary N) is 10. The first-order valence-electron chi connectivity index (χ1n) is 25.8. The Bertz CT molecular complexity index is 2710. The molecule has 10 amide bonds. The van der Waals surface area contributed by atoms with E-state index in [4.69, 9.17) is 22.3 Å². The number of para-hydroxylation sites is 1. The third-order valence-corrected chi connectivity index (χ3v) is 12.2. The number of aliphatic imine (C=N–C) groups is 1. The minimum Gasteiger partial charge on any atom is -0.481 e. The number of carboxylic acid groups (broad SMARTS) is 2. The Balaban J connectivity index is 1.87. The van der Waals surface area contributed by atoms with Gasteiger partial charge in [0.2, 0.25) is 59.1 Å². The second-order valence-electron chi connectivity index (χ2n) is 19.5. The van der Waals surface area contributed by atoms with Crippen LogP contribution in [0.15, 0.2) is 65.8 Å². The van der Waals surface area contributed by atoms with Crippen LogP contribution in [0, 0.1) is 11.8 Å². The molecule has 0 unspecified atom stereocenters. The molecule has 1 aromatic heterocycles. The van der Waals surface area contributed by atoms with Crippen LogP contribution in [0.2, 0.25) is 0 Å². The lowest BCUT2D eigenvalue weighted by molar-refractivity contribution is -0.141. The van der Waals surface area contributed by atoms with E-state index in [1.807, 2.05) is 0 Å². The number of rotatable bonds is 34. The van der Waals surface area contributed by atoms with Crippen molar-refractivity contribution in [1.29, 1.82) is 0 Å². The molecule has 28 heteroatoms. The smallest absolute Gasteiger partial charge is 0.325 e. The zero-order chi connectivity index (χ0) is 59.6. The Labute approximate surface area is 461 Å². The molecule has 0 spiro atoms. The van der Waals surface area contributed by atoms with Gasteiger partial charge in [0.1, 0.15) is 42.3 Å². The van der Waals surface area contributed by atoms with Crippen LogP contribution in [0.1, 0.15) is 84.3 Å². The summed E-state index contributed by atoms with van der Waals surface area (Å²) in [4.78, 5) is 163. The van der Waals surface area contributed by atoms with Crippen molar-refractivity contribution in [3.05, 3.63) is 71.9 Å².